The van der Waals surface area contributed by atoms with Crippen LogP contribution >= 0.6 is 0 Å². The van der Waals surface area contributed by atoms with E-state index in [9.17, 15) is 5.11 Å². The molecule has 19 heavy (non-hydrogen) atoms. The lowest BCUT2D eigenvalue weighted by Crippen LogP contribution is -3.15. The van der Waals surface area contributed by atoms with Crippen molar-refractivity contribution < 1.29 is 14.7 Å². The van der Waals surface area contributed by atoms with Gasteiger partial charge in [0.1, 0.15) is 18.4 Å². The second kappa shape index (κ2) is 6.78. The monoisotopic (exact) mass is 265 g/mol. The highest BCUT2D eigenvalue weighted by molar-refractivity contribution is 5.49. The van der Waals surface area contributed by atoms with Crippen LogP contribution in [0.4, 0.5) is 5.69 Å². The van der Waals surface area contributed by atoms with Crippen LogP contribution in [0, 0.1) is 0 Å². The Hall–Kier alpha value is -1.26. The molecule has 1 heterocycles. The summed E-state index contributed by atoms with van der Waals surface area (Å²) in [7, 11) is 1.69. The van der Waals surface area contributed by atoms with E-state index in [-0.39, 0.29) is 6.10 Å². The summed E-state index contributed by atoms with van der Waals surface area (Å²) in [6, 6.07) is 8.25. The van der Waals surface area contributed by atoms with E-state index < -0.39 is 0 Å². The SMILES string of the molecule is CC[C@H](O)C[NH+]1CCN(c2ccc(OC)cc2)CC1. The topological polar surface area (TPSA) is 37.1 Å². The molecular weight excluding hydrogens is 240 g/mol. The maximum absolute atomic E-state index is 9.70. The smallest absolute Gasteiger partial charge is 0.119 e. The summed E-state index contributed by atoms with van der Waals surface area (Å²) in [5, 5.41) is 9.70. The molecule has 2 rings (SSSR count). The zero-order chi connectivity index (χ0) is 13.7. The predicted molar refractivity (Wildman–Crippen MR) is 77.1 cm³/mol. The Kier molecular flexibility index (Phi) is 5.05. The van der Waals surface area contributed by atoms with Gasteiger partial charge in [-0.15, -0.1) is 0 Å². The molecule has 1 aliphatic heterocycles. The standard InChI is InChI=1S/C15H24N2O2/c1-3-14(18)12-16-8-10-17(11-9-16)13-4-6-15(19-2)7-5-13/h4-7,14,18H,3,8-12H2,1-2H3/p+1/t14-/m0/s1. The zero-order valence-electron chi connectivity index (χ0n) is 11.9. The van der Waals surface area contributed by atoms with Gasteiger partial charge in [-0.1, -0.05) is 6.92 Å². The Balaban J connectivity index is 1.85. The fourth-order valence-corrected chi connectivity index (χ4v) is 2.56. The van der Waals surface area contributed by atoms with E-state index in [2.05, 4.69) is 17.0 Å². The van der Waals surface area contributed by atoms with Crippen LogP contribution in [0.3, 0.4) is 0 Å². The molecule has 0 aliphatic carbocycles. The van der Waals surface area contributed by atoms with Gasteiger partial charge in [-0.05, 0) is 30.7 Å². The van der Waals surface area contributed by atoms with Gasteiger partial charge in [0.25, 0.3) is 0 Å². The molecule has 1 aromatic carbocycles. The van der Waals surface area contributed by atoms with E-state index in [1.165, 1.54) is 10.6 Å². The number of hydrogen-bond acceptors (Lipinski definition) is 3. The third kappa shape index (κ3) is 3.85. The molecule has 1 saturated heterocycles. The summed E-state index contributed by atoms with van der Waals surface area (Å²) in [5.74, 6) is 0.902. The average Bonchev–Trinajstić information content (AvgIpc) is 2.48. The van der Waals surface area contributed by atoms with E-state index in [0.29, 0.717) is 0 Å². The zero-order valence-corrected chi connectivity index (χ0v) is 11.9. The highest BCUT2D eigenvalue weighted by atomic mass is 16.5. The van der Waals surface area contributed by atoms with Gasteiger partial charge in [0, 0.05) is 5.69 Å². The van der Waals surface area contributed by atoms with E-state index >= 15 is 0 Å². The third-order valence-electron chi connectivity index (χ3n) is 3.90. The number of methoxy groups -OCH3 is 1. The van der Waals surface area contributed by atoms with Crippen LogP contribution in [0.2, 0.25) is 0 Å². The molecule has 0 radical (unpaired) electrons. The first-order valence-electron chi connectivity index (χ1n) is 7.13. The fourth-order valence-electron chi connectivity index (χ4n) is 2.56. The summed E-state index contributed by atoms with van der Waals surface area (Å²) in [4.78, 5) is 3.92. The number of aliphatic hydroxyl groups is 1. The molecule has 1 aliphatic rings. The Morgan fingerprint density at radius 3 is 2.42 bits per heavy atom. The fraction of sp³-hybridized carbons (Fsp3) is 0.600. The highest BCUT2D eigenvalue weighted by Crippen LogP contribution is 2.18. The Morgan fingerprint density at radius 1 is 1.26 bits per heavy atom. The third-order valence-corrected chi connectivity index (χ3v) is 3.90. The average molecular weight is 265 g/mol. The van der Waals surface area contributed by atoms with Crippen LogP contribution < -0.4 is 14.5 Å². The van der Waals surface area contributed by atoms with E-state index in [4.69, 9.17) is 4.74 Å². The maximum Gasteiger partial charge on any atom is 0.119 e. The molecular formula is C15H25N2O2+. The van der Waals surface area contributed by atoms with Gasteiger partial charge < -0.3 is 19.6 Å². The molecule has 2 N–H and O–H groups in total. The Morgan fingerprint density at radius 2 is 1.89 bits per heavy atom. The predicted octanol–water partition coefficient (Wildman–Crippen LogP) is 0.171. The minimum absolute atomic E-state index is 0.150. The molecule has 1 atom stereocenters. The van der Waals surface area contributed by atoms with Crippen molar-refractivity contribution in [3.8, 4) is 5.75 Å². The van der Waals surface area contributed by atoms with Crippen molar-refractivity contribution in [2.75, 3.05) is 44.7 Å². The van der Waals surface area contributed by atoms with Crippen LogP contribution in [0.5, 0.6) is 5.75 Å². The van der Waals surface area contributed by atoms with Gasteiger partial charge in [-0.3, -0.25) is 0 Å². The second-order valence-electron chi connectivity index (χ2n) is 5.20. The van der Waals surface area contributed by atoms with Crippen LogP contribution in [0.25, 0.3) is 0 Å². The van der Waals surface area contributed by atoms with Gasteiger partial charge in [-0.25, -0.2) is 0 Å². The van der Waals surface area contributed by atoms with Crippen LogP contribution in [-0.2, 0) is 0 Å². The first-order chi connectivity index (χ1) is 9.22. The molecule has 0 amide bonds. The number of piperazine rings is 1. The number of nitrogens with zero attached hydrogens (tertiary/aromatic N) is 1. The number of hydrogen-bond donors (Lipinski definition) is 2. The van der Waals surface area contributed by atoms with Gasteiger partial charge in [-0.2, -0.15) is 0 Å². The maximum atomic E-state index is 9.70. The van der Waals surface area contributed by atoms with Crippen molar-refractivity contribution in [3.63, 3.8) is 0 Å². The van der Waals surface area contributed by atoms with Crippen molar-refractivity contribution in [2.24, 2.45) is 0 Å². The summed E-state index contributed by atoms with van der Waals surface area (Å²) in [6.45, 7) is 7.23. The van der Waals surface area contributed by atoms with Crippen molar-refractivity contribution in [1.29, 1.82) is 0 Å². The largest absolute Gasteiger partial charge is 0.497 e. The number of ether oxygens (including phenoxy) is 1. The first kappa shape index (κ1) is 14.2. The molecule has 4 heteroatoms. The van der Waals surface area contributed by atoms with Gasteiger partial charge >= 0.3 is 0 Å². The van der Waals surface area contributed by atoms with Crippen molar-refractivity contribution >= 4 is 5.69 Å². The Bertz CT molecular complexity index is 372. The number of anilines is 1. The van der Waals surface area contributed by atoms with Crippen LogP contribution in [0.15, 0.2) is 24.3 Å². The van der Waals surface area contributed by atoms with Crippen LogP contribution in [-0.4, -0.2) is 51.0 Å². The molecule has 0 unspecified atom stereocenters. The molecule has 106 valence electrons. The summed E-state index contributed by atoms with van der Waals surface area (Å²) >= 11 is 0. The summed E-state index contributed by atoms with van der Waals surface area (Å²) < 4.78 is 5.18. The van der Waals surface area contributed by atoms with E-state index in [0.717, 1.165) is 44.9 Å². The number of nitrogens with one attached hydrogen (secondary N) is 1. The van der Waals surface area contributed by atoms with Crippen molar-refractivity contribution in [3.05, 3.63) is 24.3 Å². The molecule has 1 aromatic rings. The van der Waals surface area contributed by atoms with Gasteiger partial charge in [0.2, 0.25) is 0 Å². The van der Waals surface area contributed by atoms with Gasteiger partial charge in [0.15, 0.2) is 0 Å². The lowest BCUT2D eigenvalue weighted by molar-refractivity contribution is -0.903. The van der Waals surface area contributed by atoms with E-state index in [1.54, 1.807) is 7.11 Å². The molecule has 0 aromatic heterocycles. The quantitative estimate of drug-likeness (QED) is 0.797. The lowest BCUT2D eigenvalue weighted by Gasteiger charge is -2.34. The molecule has 0 saturated carbocycles. The molecule has 0 spiro atoms. The van der Waals surface area contributed by atoms with Gasteiger partial charge in [0.05, 0.1) is 33.3 Å². The van der Waals surface area contributed by atoms with E-state index in [1.807, 2.05) is 19.1 Å². The lowest BCUT2D eigenvalue weighted by atomic mass is 10.2. The number of aliphatic hydroxyl groups excluding tert-OH is 1. The minimum Gasteiger partial charge on any atom is -0.497 e. The number of rotatable bonds is 5. The number of quaternary nitrogens is 1. The minimum atomic E-state index is -0.150. The second-order valence-corrected chi connectivity index (χ2v) is 5.20. The number of benzene rings is 1. The normalized spacial score (nSPS) is 18.4. The highest BCUT2D eigenvalue weighted by Gasteiger charge is 2.21. The molecule has 4 nitrogen and oxygen atoms in total. The first-order valence-corrected chi connectivity index (χ1v) is 7.13. The molecule has 1 fully saturated rings. The molecule has 0 bridgehead atoms. The van der Waals surface area contributed by atoms with Crippen LogP contribution in [0.1, 0.15) is 13.3 Å². The summed E-state index contributed by atoms with van der Waals surface area (Å²) in [5.41, 5.74) is 1.26. The Labute approximate surface area is 115 Å². The summed E-state index contributed by atoms with van der Waals surface area (Å²) in [6.07, 6.45) is 0.702. The van der Waals surface area contributed by atoms with Crippen molar-refractivity contribution in [2.45, 2.75) is 19.4 Å². The van der Waals surface area contributed by atoms with Crippen molar-refractivity contribution in [1.82, 2.24) is 0 Å².